The third-order valence-electron chi connectivity index (χ3n) is 6.23. The van der Waals surface area contributed by atoms with Gasteiger partial charge in [-0.3, -0.25) is 9.69 Å². The summed E-state index contributed by atoms with van der Waals surface area (Å²) < 4.78 is 5.45. The van der Waals surface area contributed by atoms with Crippen molar-refractivity contribution in [3.63, 3.8) is 0 Å². The van der Waals surface area contributed by atoms with E-state index in [1.165, 1.54) is 11.1 Å². The van der Waals surface area contributed by atoms with Gasteiger partial charge in [-0.25, -0.2) is 4.79 Å². The molecule has 172 valence electrons. The standard InChI is InChI=1S/C25H39N3O3/c1-19(2)21-8-6-20(7-9-21)18-26-14-16-27(17-15-26)23(29)22-10-12-28(13-11-22)24(30)31-25(3,4)5/h6-9,19,22H,10-18H2,1-5H3. The number of piperidine rings is 1. The number of hydrogen-bond acceptors (Lipinski definition) is 4. The minimum atomic E-state index is -0.486. The van der Waals surface area contributed by atoms with Crippen LogP contribution in [0.15, 0.2) is 24.3 Å². The summed E-state index contributed by atoms with van der Waals surface area (Å²) in [6.45, 7) is 15.6. The molecule has 0 atom stereocenters. The van der Waals surface area contributed by atoms with Crippen LogP contribution >= 0.6 is 0 Å². The van der Waals surface area contributed by atoms with Crippen molar-refractivity contribution in [3.8, 4) is 0 Å². The van der Waals surface area contributed by atoms with Crippen LogP contribution in [0.4, 0.5) is 4.79 Å². The molecule has 0 radical (unpaired) electrons. The number of likely N-dealkylation sites (tertiary alicyclic amines) is 1. The molecule has 2 amide bonds. The molecule has 0 N–H and O–H groups in total. The van der Waals surface area contributed by atoms with Gasteiger partial charge in [0.15, 0.2) is 0 Å². The predicted octanol–water partition coefficient (Wildman–Crippen LogP) is 4.10. The Morgan fingerprint density at radius 3 is 2.03 bits per heavy atom. The molecule has 3 rings (SSSR count). The van der Waals surface area contributed by atoms with Crippen LogP contribution in [0.3, 0.4) is 0 Å². The Kier molecular flexibility index (Phi) is 7.63. The molecule has 0 aromatic heterocycles. The van der Waals surface area contributed by atoms with Crippen molar-refractivity contribution in [1.82, 2.24) is 14.7 Å². The number of benzene rings is 1. The SMILES string of the molecule is CC(C)c1ccc(CN2CCN(C(=O)C3CCN(C(=O)OC(C)(C)C)CC3)CC2)cc1. The number of rotatable bonds is 4. The van der Waals surface area contributed by atoms with E-state index in [9.17, 15) is 9.59 Å². The van der Waals surface area contributed by atoms with Crippen LogP contribution in [0.2, 0.25) is 0 Å². The molecule has 2 heterocycles. The number of carbonyl (C=O) groups is 2. The van der Waals surface area contributed by atoms with Crippen molar-refractivity contribution >= 4 is 12.0 Å². The number of ether oxygens (including phenoxy) is 1. The number of amides is 2. The Morgan fingerprint density at radius 2 is 1.52 bits per heavy atom. The van der Waals surface area contributed by atoms with Gasteiger partial charge in [-0.05, 0) is 50.7 Å². The van der Waals surface area contributed by atoms with Gasteiger partial charge in [-0.1, -0.05) is 38.1 Å². The molecule has 0 bridgehead atoms. The van der Waals surface area contributed by atoms with E-state index in [1.54, 1.807) is 4.90 Å². The summed E-state index contributed by atoms with van der Waals surface area (Å²) >= 11 is 0. The molecule has 2 aliphatic heterocycles. The van der Waals surface area contributed by atoms with Gasteiger partial charge in [0, 0.05) is 51.7 Å². The molecule has 0 spiro atoms. The highest BCUT2D eigenvalue weighted by molar-refractivity contribution is 5.79. The fourth-order valence-corrected chi connectivity index (χ4v) is 4.29. The molecule has 2 aliphatic rings. The largest absolute Gasteiger partial charge is 0.444 e. The van der Waals surface area contributed by atoms with Gasteiger partial charge < -0.3 is 14.5 Å². The molecule has 6 heteroatoms. The zero-order valence-electron chi connectivity index (χ0n) is 19.9. The second-order valence-corrected chi connectivity index (χ2v) is 10.2. The predicted molar refractivity (Wildman–Crippen MR) is 123 cm³/mol. The lowest BCUT2D eigenvalue weighted by Crippen LogP contribution is -2.51. The zero-order chi connectivity index (χ0) is 22.6. The van der Waals surface area contributed by atoms with Crippen LogP contribution in [-0.4, -0.2) is 71.6 Å². The zero-order valence-corrected chi connectivity index (χ0v) is 19.9. The molecule has 2 saturated heterocycles. The Balaban J connectivity index is 1.42. The maximum absolute atomic E-state index is 13.0. The average Bonchev–Trinajstić information content (AvgIpc) is 2.73. The summed E-state index contributed by atoms with van der Waals surface area (Å²) in [5.41, 5.74) is 2.22. The number of carbonyl (C=O) groups excluding carboxylic acids is 2. The summed E-state index contributed by atoms with van der Waals surface area (Å²) in [5, 5.41) is 0. The molecule has 0 saturated carbocycles. The maximum Gasteiger partial charge on any atom is 0.410 e. The molecule has 1 aromatic rings. The average molecular weight is 430 g/mol. The first-order valence-corrected chi connectivity index (χ1v) is 11.7. The van der Waals surface area contributed by atoms with E-state index in [1.807, 2.05) is 25.7 Å². The summed E-state index contributed by atoms with van der Waals surface area (Å²) in [5.74, 6) is 0.832. The van der Waals surface area contributed by atoms with E-state index in [0.29, 0.717) is 19.0 Å². The Hall–Kier alpha value is -2.08. The van der Waals surface area contributed by atoms with Gasteiger partial charge in [0.25, 0.3) is 0 Å². The first kappa shape index (κ1) is 23.6. The Labute approximate surface area is 187 Å². The summed E-state index contributed by atoms with van der Waals surface area (Å²) in [4.78, 5) is 31.4. The lowest BCUT2D eigenvalue weighted by atomic mass is 9.95. The second-order valence-electron chi connectivity index (χ2n) is 10.2. The van der Waals surface area contributed by atoms with Crippen LogP contribution in [0.5, 0.6) is 0 Å². The van der Waals surface area contributed by atoms with E-state index in [0.717, 1.165) is 45.6 Å². The van der Waals surface area contributed by atoms with Gasteiger partial charge in [-0.2, -0.15) is 0 Å². The first-order chi connectivity index (χ1) is 14.6. The van der Waals surface area contributed by atoms with E-state index < -0.39 is 5.60 Å². The van der Waals surface area contributed by atoms with Crippen molar-refractivity contribution in [1.29, 1.82) is 0 Å². The van der Waals surface area contributed by atoms with Gasteiger partial charge in [0.05, 0.1) is 0 Å². The lowest BCUT2D eigenvalue weighted by molar-refractivity contribution is -0.139. The minimum absolute atomic E-state index is 0.0221. The fourth-order valence-electron chi connectivity index (χ4n) is 4.29. The first-order valence-electron chi connectivity index (χ1n) is 11.7. The van der Waals surface area contributed by atoms with Gasteiger partial charge >= 0.3 is 6.09 Å². The summed E-state index contributed by atoms with van der Waals surface area (Å²) in [6, 6.07) is 8.91. The fraction of sp³-hybridized carbons (Fsp3) is 0.680. The van der Waals surface area contributed by atoms with Crippen LogP contribution in [0.1, 0.15) is 64.5 Å². The maximum atomic E-state index is 13.0. The minimum Gasteiger partial charge on any atom is -0.444 e. The van der Waals surface area contributed by atoms with E-state index in [2.05, 4.69) is 43.0 Å². The summed E-state index contributed by atoms with van der Waals surface area (Å²) in [6.07, 6.45) is 1.18. The molecule has 0 unspecified atom stereocenters. The normalized spacial score (nSPS) is 19.0. The van der Waals surface area contributed by atoms with Crippen LogP contribution in [0.25, 0.3) is 0 Å². The van der Waals surface area contributed by atoms with Crippen molar-refractivity contribution in [3.05, 3.63) is 35.4 Å². The third-order valence-corrected chi connectivity index (χ3v) is 6.23. The highest BCUT2D eigenvalue weighted by Crippen LogP contribution is 2.23. The van der Waals surface area contributed by atoms with E-state index >= 15 is 0 Å². The molecule has 6 nitrogen and oxygen atoms in total. The Morgan fingerprint density at radius 1 is 0.935 bits per heavy atom. The molecule has 31 heavy (non-hydrogen) atoms. The molecule has 0 aliphatic carbocycles. The quantitative estimate of drug-likeness (QED) is 0.723. The van der Waals surface area contributed by atoms with Crippen molar-refractivity contribution in [2.45, 2.75) is 65.5 Å². The molecular formula is C25H39N3O3. The summed E-state index contributed by atoms with van der Waals surface area (Å²) in [7, 11) is 0. The number of piperazine rings is 1. The number of hydrogen-bond donors (Lipinski definition) is 0. The molecule has 1 aromatic carbocycles. The van der Waals surface area contributed by atoms with E-state index in [4.69, 9.17) is 4.74 Å². The van der Waals surface area contributed by atoms with Gasteiger partial charge in [-0.15, -0.1) is 0 Å². The molecule has 2 fully saturated rings. The smallest absolute Gasteiger partial charge is 0.410 e. The molecular weight excluding hydrogens is 390 g/mol. The van der Waals surface area contributed by atoms with Crippen LogP contribution in [0, 0.1) is 5.92 Å². The van der Waals surface area contributed by atoms with Crippen LogP contribution < -0.4 is 0 Å². The van der Waals surface area contributed by atoms with Crippen LogP contribution in [-0.2, 0) is 16.1 Å². The van der Waals surface area contributed by atoms with Crippen molar-refractivity contribution in [2.75, 3.05) is 39.3 Å². The van der Waals surface area contributed by atoms with E-state index in [-0.39, 0.29) is 17.9 Å². The highest BCUT2D eigenvalue weighted by Gasteiger charge is 2.33. The topological polar surface area (TPSA) is 53.1 Å². The third kappa shape index (κ3) is 6.70. The number of nitrogens with zero attached hydrogens (tertiary/aromatic N) is 3. The lowest BCUT2D eigenvalue weighted by Gasteiger charge is -2.38. The Bertz CT molecular complexity index is 738. The van der Waals surface area contributed by atoms with Crippen molar-refractivity contribution < 1.29 is 14.3 Å². The van der Waals surface area contributed by atoms with Gasteiger partial charge in [0.1, 0.15) is 5.60 Å². The highest BCUT2D eigenvalue weighted by atomic mass is 16.6. The monoisotopic (exact) mass is 429 g/mol. The van der Waals surface area contributed by atoms with Gasteiger partial charge in [0.2, 0.25) is 5.91 Å². The van der Waals surface area contributed by atoms with Crippen molar-refractivity contribution in [2.24, 2.45) is 5.92 Å². The second kappa shape index (κ2) is 10.0.